The van der Waals surface area contributed by atoms with Crippen molar-refractivity contribution in [2.45, 2.75) is 37.9 Å². The fourth-order valence-corrected chi connectivity index (χ4v) is 4.82. The van der Waals surface area contributed by atoms with E-state index in [1.807, 2.05) is 18.2 Å². The number of hydrogen-bond acceptors (Lipinski definition) is 5. The fourth-order valence-electron chi connectivity index (χ4n) is 3.95. The quantitative estimate of drug-likeness (QED) is 0.536. The van der Waals surface area contributed by atoms with Crippen LogP contribution in [0.5, 0.6) is 0 Å². The second-order valence-corrected chi connectivity index (χ2v) is 8.35. The summed E-state index contributed by atoms with van der Waals surface area (Å²) in [5.41, 5.74) is 1.67. The molecule has 2 atom stereocenters. The number of nitrogens with zero attached hydrogens (tertiary/aromatic N) is 2. The van der Waals surface area contributed by atoms with Crippen molar-refractivity contribution in [3.63, 3.8) is 0 Å². The highest BCUT2D eigenvalue weighted by atomic mass is 32.2. The van der Waals surface area contributed by atoms with E-state index in [0.717, 1.165) is 42.8 Å². The van der Waals surface area contributed by atoms with Gasteiger partial charge in [-0.25, -0.2) is 0 Å². The molecular weight excluding hydrogens is 374 g/mol. The summed E-state index contributed by atoms with van der Waals surface area (Å²) in [5.74, 6) is 0.821. The summed E-state index contributed by atoms with van der Waals surface area (Å²) in [7, 11) is 0. The highest BCUT2D eigenvalue weighted by Crippen LogP contribution is 2.37. The standard InChI is InChI=1S/C21H25N3O3S/c22-13-15-5-1-2-6-16(15)14-28-12-10-23-19(25)9-11-24-20(26)17-7-3-4-8-18(17)21(24)27/h1-2,5-6,17-18H,3-4,7-12,14H2,(H,23,25)/t17-,18-/m0/s1. The van der Waals surface area contributed by atoms with Crippen LogP contribution >= 0.6 is 11.8 Å². The molecule has 2 aliphatic rings. The lowest BCUT2D eigenvalue weighted by Gasteiger charge is -2.19. The Labute approximate surface area is 169 Å². The van der Waals surface area contributed by atoms with E-state index in [-0.39, 0.29) is 42.5 Å². The Hall–Kier alpha value is -2.33. The Bertz CT molecular complexity index is 765. The Balaban J connectivity index is 1.34. The Morgan fingerprint density at radius 3 is 2.54 bits per heavy atom. The first-order valence-corrected chi connectivity index (χ1v) is 10.9. The third-order valence-electron chi connectivity index (χ3n) is 5.46. The van der Waals surface area contributed by atoms with Gasteiger partial charge in [-0.2, -0.15) is 17.0 Å². The van der Waals surface area contributed by atoms with Crippen LogP contribution in [0, 0.1) is 23.2 Å². The van der Waals surface area contributed by atoms with E-state index in [9.17, 15) is 14.4 Å². The molecule has 7 heteroatoms. The smallest absolute Gasteiger partial charge is 0.233 e. The monoisotopic (exact) mass is 399 g/mol. The average molecular weight is 400 g/mol. The van der Waals surface area contributed by atoms with Crippen LogP contribution < -0.4 is 5.32 Å². The number of thioether (sulfide) groups is 1. The van der Waals surface area contributed by atoms with Crippen LogP contribution in [0.1, 0.15) is 43.2 Å². The van der Waals surface area contributed by atoms with E-state index in [0.29, 0.717) is 12.1 Å². The molecule has 1 aromatic rings. The average Bonchev–Trinajstić information content (AvgIpc) is 2.97. The number of carbonyl (C=O) groups excluding carboxylic acids is 3. The van der Waals surface area contributed by atoms with Gasteiger partial charge in [0.1, 0.15) is 0 Å². The van der Waals surface area contributed by atoms with E-state index in [1.165, 1.54) is 4.90 Å². The first-order chi connectivity index (χ1) is 13.6. The predicted molar refractivity (Wildman–Crippen MR) is 107 cm³/mol. The van der Waals surface area contributed by atoms with Gasteiger partial charge in [-0.3, -0.25) is 19.3 Å². The van der Waals surface area contributed by atoms with Crippen molar-refractivity contribution in [1.82, 2.24) is 10.2 Å². The second kappa shape index (κ2) is 9.74. The van der Waals surface area contributed by atoms with Gasteiger partial charge in [-0.15, -0.1) is 0 Å². The molecule has 0 radical (unpaired) electrons. The van der Waals surface area contributed by atoms with Gasteiger partial charge in [0.2, 0.25) is 17.7 Å². The third-order valence-corrected chi connectivity index (χ3v) is 6.47. The lowest BCUT2D eigenvalue weighted by Crippen LogP contribution is -2.36. The third kappa shape index (κ3) is 4.74. The van der Waals surface area contributed by atoms with E-state index in [1.54, 1.807) is 17.8 Å². The number of rotatable bonds is 8. The van der Waals surface area contributed by atoms with Gasteiger partial charge in [0.15, 0.2) is 0 Å². The maximum Gasteiger partial charge on any atom is 0.233 e. The summed E-state index contributed by atoms with van der Waals surface area (Å²) < 4.78 is 0. The van der Waals surface area contributed by atoms with Crippen molar-refractivity contribution < 1.29 is 14.4 Å². The predicted octanol–water partition coefficient (Wildman–Crippen LogP) is 2.47. The molecule has 28 heavy (non-hydrogen) atoms. The summed E-state index contributed by atoms with van der Waals surface area (Å²) in [5, 5.41) is 11.9. The van der Waals surface area contributed by atoms with Gasteiger partial charge in [0.05, 0.1) is 23.5 Å². The number of nitrogens with one attached hydrogen (secondary N) is 1. The SMILES string of the molecule is N#Cc1ccccc1CSCCNC(=O)CCN1C(=O)[C@H]2CCCC[C@@H]2C1=O. The summed E-state index contributed by atoms with van der Waals surface area (Å²) in [6.45, 7) is 0.699. The molecule has 1 N–H and O–H groups in total. The molecule has 1 saturated heterocycles. The van der Waals surface area contributed by atoms with Crippen LogP contribution in [0.25, 0.3) is 0 Å². The van der Waals surface area contributed by atoms with E-state index in [2.05, 4.69) is 11.4 Å². The second-order valence-electron chi connectivity index (χ2n) is 7.25. The molecule has 0 spiro atoms. The molecule has 6 nitrogen and oxygen atoms in total. The molecule has 1 aliphatic carbocycles. The van der Waals surface area contributed by atoms with Crippen molar-refractivity contribution in [2.75, 3.05) is 18.8 Å². The number of hydrogen-bond donors (Lipinski definition) is 1. The number of nitriles is 1. The molecule has 0 aromatic heterocycles. The van der Waals surface area contributed by atoms with Gasteiger partial charge >= 0.3 is 0 Å². The van der Waals surface area contributed by atoms with Crippen LogP contribution in [0.15, 0.2) is 24.3 Å². The van der Waals surface area contributed by atoms with Crippen molar-refractivity contribution >= 4 is 29.5 Å². The number of likely N-dealkylation sites (tertiary alicyclic amines) is 1. The Kier molecular flexibility index (Phi) is 7.10. The molecule has 1 aromatic carbocycles. The number of fused-ring (bicyclic) bond motifs is 1. The van der Waals surface area contributed by atoms with Crippen LogP contribution in [0.2, 0.25) is 0 Å². The minimum absolute atomic E-state index is 0.0887. The highest BCUT2D eigenvalue weighted by molar-refractivity contribution is 7.98. The molecule has 148 valence electrons. The van der Waals surface area contributed by atoms with Gasteiger partial charge in [0, 0.05) is 31.0 Å². The van der Waals surface area contributed by atoms with Crippen molar-refractivity contribution in [3.05, 3.63) is 35.4 Å². The van der Waals surface area contributed by atoms with Crippen LogP contribution in [-0.2, 0) is 20.1 Å². The molecule has 3 amide bonds. The topological polar surface area (TPSA) is 90.3 Å². The number of amides is 3. The molecule has 1 heterocycles. The molecular formula is C21H25N3O3S. The zero-order valence-electron chi connectivity index (χ0n) is 15.9. The van der Waals surface area contributed by atoms with E-state index < -0.39 is 0 Å². The molecule has 3 rings (SSSR count). The van der Waals surface area contributed by atoms with Gasteiger partial charge < -0.3 is 5.32 Å². The normalized spacial score (nSPS) is 21.3. The number of imide groups is 1. The van der Waals surface area contributed by atoms with Crippen molar-refractivity contribution in [3.8, 4) is 6.07 Å². The summed E-state index contributed by atoms with van der Waals surface area (Å²) >= 11 is 1.65. The molecule has 0 bridgehead atoms. The van der Waals surface area contributed by atoms with Crippen molar-refractivity contribution in [1.29, 1.82) is 5.26 Å². The van der Waals surface area contributed by atoms with E-state index >= 15 is 0 Å². The zero-order valence-corrected chi connectivity index (χ0v) is 16.7. The molecule has 1 saturated carbocycles. The minimum Gasteiger partial charge on any atom is -0.355 e. The largest absolute Gasteiger partial charge is 0.355 e. The lowest BCUT2D eigenvalue weighted by molar-refractivity contribution is -0.140. The first-order valence-electron chi connectivity index (χ1n) is 9.79. The number of benzene rings is 1. The Morgan fingerprint density at radius 2 is 1.86 bits per heavy atom. The van der Waals surface area contributed by atoms with Gasteiger partial charge in [-0.05, 0) is 24.5 Å². The van der Waals surface area contributed by atoms with Crippen molar-refractivity contribution in [2.24, 2.45) is 11.8 Å². The molecule has 1 aliphatic heterocycles. The molecule has 0 unspecified atom stereocenters. The fraction of sp³-hybridized carbons (Fsp3) is 0.524. The maximum absolute atomic E-state index is 12.4. The summed E-state index contributed by atoms with van der Waals surface area (Å²) in [6, 6.07) is 9.67. The number of carbonyl (C=O) groups is 3. The van der Waals surface area contributed by atoms with Gasteiger partial charge in [0.25, 0.3) is 0 Å². The van der Waals surface area contributed by atoms with Crippen LogP contribution in [0.3, 0.4) is 0 Å². The summed E-state index contributed by atoms with van der Waals surface area (Å²) in [6.07, 6.45) is 3.75. The van der Waals surface area contributed by atoms with E-state index in [4.69, 9.17) is 5.26 Å². The maximum atomic E-state index is 12.4. The molecule has 2 fully saturated rings. The van der Waals surface area contributed by atoms with Crippen LogP contribution in [-0.4, -0.2) is 41.5 Å². The van der Waals surface area contributed by atoms with Gasteiger partial charge in [-0.1, -0.05) is 31.0 Å². The summed E-state index contributed by atoms with van der Waals surface area (Å²) in [4.78, 5) is 38.1. The highest BCUT2D eigenvalue weighted by Gasteiger charge is 2.47. The first kappa shape index (κ1) is 20.4. The Morgan fingerprint density at radius 1 is 1.18 bits per heavy atom. The van der Waals surface area contributed by atoms with Crippen LogP contribution in [0.4, 0.5) is 0 Å². The minimum atomic E-state index is -0.156. The lowest BCUT2D eigenvalue weighted by atomic mass is 9.81. The zero-order chi connectivity index (χ0) is 19.9.